The first kappa shape index (κ1) is 30.3. The fourth-order valence-electron chi connectivity index (χ4n) is 2.54. The molecule has 0 fully saturated rings. The number of nitrogens with one attached hydrogen (secondary N) is 3. The van der Waals surface area contributed by atoms with Crippen molar-refractivity contribution in [1.29, 1.82) is 0 Å². The number of nitrogens with zero attached hydrogens (tertiary/aromatic N) is 1. The van der Waals surface area contributed by atoms with Crippen molar-refractivity contribution in [2.45, 2.75) is 38.9 Å². The van der Waals surface area contributed by atoms with Gasteiger partial charge in [0, 0.05) is 29.1 Å². The smallest absolute Gasteiger partial charge is 0.389 e. The number of benzene rings is 1. The van der Waals surface area contributed by atoms with Crippen LogP contribution in [0.15, 0.2) is 28.8 Å². The van der Waals surface area contributed by atoms with E-state index in [0.717, 1.165) is 6.20 Å². The number of oxazole rings is 1. The Bertz CT molecular complexity index is 1040. The molecule has 1 aromatic heterocycles. The fraction of sp³-hybridized carbons (Fsp3) is 0.381. The Kier molecular flexibility index (Phi) is 12.1. The van der Waals surface area contributed by atoms with Gasteiger partial charge >= 0.3 is 6.18 Å². The molecule has 14 heteroatoms. The number of halogens is 5. The van der Waals surface area contributed by atoms with Gasteiger partial charge in [-0.05, 0) is 24.6 Å². The molecule has 0 aliphatic rings. The summed E-state index contributed by atoms with van der Waals surface area (Å²) in [6, 6.07) is 3.02. The van der Waals surface area contributed by atoms with E-state index in [-0.39, 0.29) is 16.6 Å². The number of amides is 2. The number of ketones is 1. The van der Waals surface area contributed by atoms with Crippen LogP contribution in [-0.4, -0.2) is 53.4 Å². The van der Waals surface area contributed by atoms with Crippen LogP contribution in [0, 0.1) is 0 Å². The fourth-order valence-corrected chi connectivity index (χ4v) is 3.21. The molecule has 192 valence electrons. The van der Waals surface area contributed by atoms with E-state index in [1.165, 1.54) is 25.2 Å². The molecule has 0 saturated carbocycles. The van der Waals surface area contributed by atoms with Gasteiger partial charge in [-0.3, -0.25) is 14.4 Å². The maximum absolute atomic E-state index is 12.5. The monoisotopic (exact) mass is 554 g/mol. The number of carbonyl (C=O) groups excluding carboxylic acids is 3. The van der Waals surface area contributed by atoms with Gasteiger partial charge in [0.2, 0.25) is 23.3 Å². The summed E-state index contributed by atoms with van der Waals surface area (Å²) < 4.78 is 43.0. The molecule has 0 aliphatic carbocycles. The van der Waals surface area contributed by atoms with Crippen molar-refractivity contribution in [2.24, 2.45) is 0 Å². The average Bonchev–Trinajstić information content (AvgIpc) is 3.30. The number of rotatable bonds is 9. The molecule has 0 saturated heterocycles. The number of thiocarbonyl (C=S) groups is 1. The van der Waals surface area contributed by atoms with Gasteiger partial charge in [0.15, 0.2) is 0 Å². The lowest BCUT2D eigenvalue weighted by molar-refractivity contribution is -0.139. The van der Waals surface area contributed by atoms with Crippen LogP contribution in [0.3, 0.4) is 0 Å². The Morgan fingerprint density at radius 3 is 2.29 bits per heavy atom. The minimum Gasteiger partial charge on any atom is -0.431 e. The summed E-state index contributed by atoms with van der Waals surface area (Å²) in [7, 11) is 1.33. The van der Waals surface area contributed by atoms with E-state index in [1.807, 2.05) is 13.8 Å². The highest BCUT2D eigenvalue weighted by atomic mass is 35.5. The summed E-state index contributed by atoms with van der Waals surface area (Å²) in [4.78, 5) is 40.1. The van der Waals surface area contributed by atoms with Crippen molar-refractivity contribution in [3.63, 3.8) is 0 Å². The van der Waals surface area contributed by atoms with Gasteiger partial charge < -0.3 is 20.4 Å². The molecule has 2 amide bonds. The molecule has 8 nitrogen and oxygen atoms in total. The minimum atomic E-state index is -4.53. The van der Waals surface area contributed by atoms with E-state index in [1.54, 1.807) is 0 Å². The number of carbonyl (C=O) groups is 3. The van der Waals surface area contributed by atoms with Crippen LogP contribution in [0.2, 0.25) is 10.0 Å². The highest BCUT2D eigenvalue weighted by Gasteiger charge is 2.32. The third-order valence-corrected chi connectivity index (χ3v) is 4.91. The number of likely N-dealkylation sites (N-methyl/N-ethyl adjacent to an activating group) is 1. The number of aromatic nitrogens is 1. The highest BCUT2D eigenvalue weighted by Crippen LogP contribution is 2.27. The Labute approximate surface area is 214 Å². The maximum atomic E-state index is 12.5. The molecule has 0 spiro atoms. The second kappa shape index (κ2) is 14.0. The quantitative estimate of drug-likeness (QED) is 0.395. The number of Topliss-reactive ketones (excluding diaryl/α,β-unsaturated/α-hetero) is 1. The van der Waals surface area contributed by atoms with Gasteiger partial charge in [-0.25, -0.2) is 4.98 Å². The number of alkyl halides is 3. The topological polar surface area (TPSA) is 113 Å². The van der Waals surface area contributed by atoms with Crippen molar-refractivity contribution in [2.75, 3.05) is 13.6 Å². The van der Waals surface area contributed by atoms with Crippen LogP contribution in [0.1, 0.15) is 37.2 Å². The van der Waals surface area contributed by atoms with Crippen molar-refractivity contribution in [3.05, 3.63) is 40.2 Å². The van der Waals surface area contributed by atoms with Crippen molar-refractivity contribution in [3.8, 4) is 11.5 Å². The Morgan fingerprint density at radius 2 is 1.74 bits per heavy atom. The Hall–Kier alpha value is -2.70. The third-order valence-electron chi connectivity index (χ3n) is 4.07. The molecule has 35 heavy (non-hydrogen) atoms. The van der Waals surface area contributed by atoms with Crippen LogP contribution < -0.4 is 16.0 Å². The van der Waals surface area contributed by atoms with Gasteiger partial charge in [0.1, 0.15) is 4.99 Å². The van der Waals surface area contributed by atoms with E-state index >= 15 is 0 Å². The second-order valence-corrected chi connectivity index (χ2v) is 7.87. The molecule has 0 aliphatic heterocycles. The minimum absolute atomic E-state index is 0.0485. The first-order valence-corrected chi connectivity index (χ1v) is 11.4. The molecule has 1 atom stereocenters. The molecule has 3 N–H and O–H groups in total. The summed E-state index contributed by atoms with van der Waals surface area (Å²) in [5.41, 5.74) is 0.413. The van der Waals surface area contributed by atoms with E-state index in [9.17, 15) is 27.6 Å². The van der Waals surface area contributed by atoms with Crippen LogP contribution in [0.25, 0.3) is 11.5 Å². The summed E-state index contributed by atoms with van der Waals surface area (Å²) in [5, 5.41) is 7.38. The SMILES string of the molecule is CC.CNC(=S)C(=O)C(CCC(F)(F)F)NC(=O)CNC(=O)c1cnc(-c2cc(Cl)cc(Cl)c2)o1. The molecule has 1 unspecified atom stereocenters. The molecular weight excluding hydrogens is 532 g/mol. The molecule has 2 rings (SSSR count). The lowest BCUT2D eigenvalue weighted by atomic mass is 10.1. The van der Waals surface area contributed by atoms with Crippen LogP contribution in [0.4, 0.5) is 13.2 Å². The predicted octanol–water partition coefficient (Wildman–Crippen LogP) is 4.35. The lowest BCUT2D eigenvalue weighted by Gasteiger charge is -2.19. The zero-order valence-electron chi connectivity index (χ0n) is 18.9. The van der Waals surface area contributed by atoms with Gasteiger partial charge in [0.05, 0.1) is 18.8 Å². The van der Waals surface area contributed by atoms with E-state index in [4.69, 9.17) is 39.8 Å². The highest BCUT2D eigenvalue weighted by molar-refractivity contribution is 7.82. The van der Waals surface area contributed by atoms with Gasteiger partial charge in [-0.2, -0.15) is 13.2 Å². The standard InChI is InChI=1S/C19H17Cl2F3N4O4S.C2H6/c1-25-18(33)15(30)12(2-3-19(22,23)24)28-14(29)8-26-16(31)13-7-27-17(32-13)9-4-10(20)6-11(21)5-9;1-2/h4-7,12H,2-3,8H2,1H3,(H,25,33)(H,26,31)(H,28,29);1-2H3. The zero-order chi connectivity index (χ0) is 26.8. The second-order valence-electron chi connectivity index (χ2n) is 6.59. The third kappa shape index (κ3) is 10.2. The normalized spacial score (nSPS) is 11.5. The Morgan fingerprint density at radius 1 is 1.14 bits per heavy atom. The summed E-state index contributed by atoms with van der Waals surface area (Å²) in [5.74, 6) is -2.79. The number of hydrogen-bond donors (Lipinski definition) is 3. The van der Waals surface area contributed by atoms with Gasteiger partial charge in [-0.1, -0.05) is 49.3 Å². The van der Waals surface area contributed by atoms with Crippen molar-refractivity contribution >= 4 is 58.0 Å². The summed E-state index contributed by atoms with van der Waals surface area (Å²) in [6.07, 6.45) is -5.44. The molecule has 1 heterocycles. The van der Waals surface area contributed by atoms with Crippen molar-refractivity contribution in [1.82, 2.24) is 20.9 Å². The predicted molar refractivity (Wildman–Crippen MR) is 130 cm³/mol. The summed E-state index contributed by atoms with van der Waals surface area (Å²) in [6.45, 7) is 3.36. The van der Waals surface area contributed by atoms with Crippen LogP contribution in [0.5, 0.6) is 0 Å². The molecule has 0 bridgehead atoms. The first-order chi connectivity index (χ1) is 16.4. The molecule has 1 aromatic carbocycles. The lowest BCUT2D eigenvalue weighted by Crippen LogP contribution is -2.49. The van der Waals surface area contributed by atoms with Gasteiger partial charge in [-0.15, -0.1) is 0 Å². The van der Waals surface area contributed by atoms with E-state index < -0.39 is 49.2 Å². The Balaban J connectivity index is 0.00000298. The van der Waals surface area contributed by atoms with E-state index in [2.05, 4.69) is 20.9 Å². The average molecular weight is 555 g/mol. The van der Waals surface area contributed by atoms with Crippen LogP contribution >= 0.6 is 35.4 Å². The van der Waals surface area contributed by atoms with Crippen molar-refractivity contribution < 1.29 is 32.0 Å². The van der Waals surface area contributed by atoms with E-state index in [0.29, 0.717) is 15.6 Å². The summed E-state index contributed by atoms with van der Waals surface area (Å²) >= 11 is 16.6. The first-order valence-electron chi connectivity index (χ1n) is 10.2. The molecule has 0 radical (unpaired) electrons. The maximum Gasteiger partial charge on any atom is 0.389 e. The zero-order valence-corrected chi connectivity index (χ0v) is 21.2. The molecule has 2 aromatic rings. The van der Waals surface area contributed by atoms with Crippen LogP contribution in [-0.2, 0) is 9.59 Å². The largest absolute Gasteiger partial charge is 0.431 e. The molecular formula is C21H23Cl2F3N4O4S. The van der Waals surface area contributed by atoms with Gasteiger partial charge in [0.25, 0.3) is 5.91 Å². The number of hydrogen-bond acceptors (Lipinski definition) is 6.